The van der Waals surface area contributed by atoms with Gasteiger partial charge < -0.3 is 16.0 Å². The van der Waals surface area contributed by atoms with Gasteiger partial charge in [0.25, 0.3) is 0 Å². The average Bonchev–Trinajstić information content (AvgIpc) is 2.66. The van der Waals surface area contributed by atoms with Crippen molar-refractivity contribution in [1.82, 2.24) is 4.90 Å². The predicted octanol–water partition coefficient (Wildman–Crippen LogP) is 3.28. The van der Waals surface area contributed by atoms with E-state index in [9.17, 15) is 0 Å². The Morgan fingerprint density at radius 3 is 2.54 bits per heavy atom. The van der Waals surface area contributed by atoms with Crippen molar-refractivity contribution in [2.45, 2.75) is 6.42 Å². The quantitative estimate of drug-likeness (QED) is 0.465. The number of para-hydroxylation sites is 1. The molecule has 3 N–H and O–H groups in total. The van der Waals surface area contributed by atoms with Crippen LogP contribution in [-0.2, 0) is 0 Å². The number of halogens is 1. The van der Waals surface area contributed by atoms with Crippen LogP contribution in [0.1, 0.15) is 6.42 Å². The van der Waals surface area contributed by atoms with E-state index < -0.39 is 0 Å². The molecule has 0 aliphatic carbocycles. The number of hydrogen-bond acceptors (Lipinski definition) is 3. The highest BCUT2D eigenvalue weighted by Crippen LogP contribution is 2.20. The van der Waals surface area contributed by atoms with Crippen molar-refractivity contribution in [1.29, 1.82) is 0 Å². The van der Waals surface area contributed by atoms with Crippen molar-refractivity contribution in [3.05, 3.63) is 59.6 Å². The second-order valence-electron chi connectivity index (χ2n) is 6.42. The van der Waals surface area contributed by atoms with E-state index in [0.29, 0.717) is 5.96 Å². The SMILES string of the molecule is NC(=NCCCN1CCN(c2cccc(Cl)c2)CC1)Nc1ccccc1. The van der Waals surface area contributed by atoms with Crippen molar-refractivity contribution in [3.8, 4) is 0 Å². The first-order chi connectivity index (χ1) is 12.7. The van der Waals surface area contributed by atoms with Crippen LogP contribution in [-0.4, -0.2) is 50.1 Å². The Labute approximate surface area is 160 Å². The normalized spacial score (nSPS) is 15.9. The second kappa shape index (κ2) is 9.46. The summed E-state index contributed by atoms with van der Waals surface area (Å²) < 4.78 is 0. The molecule has 1 heterocycles. The van der Waals surface area contributed by atoms with Crippen molar-refractivity contribution >= 4 is 28.9 Å². The topological polar surface area (TPSA) is 56.9 Å². The Morgan fingerprint density at radius 2 is 1.81 bits per heavy atom. The molecule has 2 aromatic rings. The van der Waals surface area contributed by atoms with Crippen LogP contribution >= 0.6 is 11.6 Å². The summed E-state index contributed by atoms with van der Waals surface area (Å²) in [5.41, 5.74) is 8.10. The molecule has 26 heavy (non-hydrogen) atoms. The number of hydrogen-bond donors (Lipinski definition) is 2. The third-order valence-electron chi connectivity index (χ3n) is 4.51. The number of nitrogens with zero attached hydrogens (tertiary/aromatic N) is 3. The summed E-state index contributed by atoms with van der Waals surface area (Å²) in [5.74, 6) is 0.474. The van der Waals surface area contributed by atoms with E-state index in [1.807, 2.05) is 48.5 Å². The Bertz CT molecular complexity index is 711. The number of anilines is 2. The highest BCUT2D eigenvalue weighted by atomic mass is 35.5. The first-order valence-corrected chi connectivity index (χ1v) is 9.43. The van der Waals surface area contributed by atoms with Crippen molar-refractivity contribution < 1.29 is 0 Å². The molecule has 0 radical (unpaired) electrons. The van der Waals surface area contributed by atoms with Crippen LogP contribution in [0.15, 0.2) is 59.6 Å². The largest absolute Gasteiger partial charge is 0.370 e. The monoisotopic (exact) mass is 371 g/mol. The fraction of sp³-hybridized carbons (Fsp3) is 0.350. The van der Waals surface area contributed by atoms with Crippen molar-refractivity contribution in [2.75, 3.05) is 49.5 Å². The zero-order valence-corrected chi connectivity index (χ0v) is 15.7. The molecule has 3 rings (SSSR count). The number of benzene rings is 2. The molecule has 0 spiro atoms. The summed E-state index contributed by atoms with van der Waals surface area (Å²) in [6.07, 6.45) is 1.01. The van der Waals surface area contributed by atoms with Crippen molar-refractivity contribution in [2.24, 2.45) is 10.7 Å². The van der Waals surface area contributed by atoms with Gasteiger partial charge >= 0.3 is 0 Å². The second-order valence-corrected chi connectivity index (χ2v) is 6.86. The maximum Gasteiger partial charge on any atom is 0.193 e. The van der Waals surface area contributed by atoms with Crippen LogP contribution in [0.4, 0.5) is 11.4 Å². The van der Waals surface area contributed by atoms with Crippen LogP contribution in [0.5, 0.6) is 0 Å². The van der Waals surface area contributed by atoms with E-state index >= 15 is 0 Å². The zero-order chi connectivity index (χ0) is 18.2. The molecule has 0 bridgehead atoms. The van der Waals surface area contributed by atoms with Gasteiger partial charge in [-0.05, 0) is 36.8 Å². The van der Waals surface area contributed by atoms with Gasteiger partial charge in [-0.2, -0.15) is 0 Å². The molecule has 1 saturated heterocycles. The van der Waals surface area contributed by atoms with Crippen molar-refractivity contribution in [3.63, 3.8) is 0 Å². The van der Waals surface area contributed by atoms with Crippen LogP contribution in [0.2, 0.25) is 5.02 Å². The molecular formula is C20H26ClN5. The third kappa shape index (κ3) is 5.64. The zero-order valence-electron chi connectivity index (χ0n) is 14.9. The standard InChI is InChI=1S/C20H26ClN5/c21-17-6-4-9-19(16-17)26-14-12-25(13-15-26)11-5-10-23-20(22)24-18-7-2-1-3-8-18/h1-4,6-9,16H,5,10-15H2,(H3,22,23,24). The predicted molar refractivity (Wildman–Crippen MR) is 111 cm³/mol. The number of piperazine rings is 1. The minimum Gasteiger partial charge on any atom is -0.370 e. The van der Waals surface area contributed by atoms with Gasteiger partial charge in [0.1, 0.15) is 0 Å². The van der Waals surface area contributed by atoms with Crippen LogP contribution in [0.3, 0.4) is 0 Å². The number of nitrogens with one attached hydrogen (secondary N) is 1. The Balaban J connectivity index is 1.35. The Hall–Kier alpha value is -2.24. The number of guanidine groups is 1. The Morgan fingerprint density at radius 1 is 1.04 bits per heavy atom. The molecular weight excluding hydrogens is 346 g/mol. The molecule has 1 aliphatic heterocycles. The van der Waals surface area contributed by atoms with E-state index in [1.165, 1.54) is 5.69 Å². The first-order valence-electron chi connectivity index (χ1n) is 9.05. The maximum atomic E-state index is 6.09. The molecule has 138 valence electrons. The summed E-state index contributed by atoms with van der Waals surface area (Å²) >= 11 is 6.09. The molecule has 0 aromatic heterocycles. The molecule has 0 saturated carbocycles. The van der Waals surface area contributed by atoms with Crippen LogP contribution in [0, 0.1) is 0 Å². The van der Waals surface area contributed by atoms with Gasteiger partial charge in [0.05, 0.1) is 0 Å². The molecule has 1 fully saturated rings. The van der Waals surface area contributed by atoms with Gasteiger partial charge in [-0.1, -0.05) is 35.9 Å². The van der Waals surface area contributed by atoms with Crippen LogP contribution < -0.4 is 16.0 Å². The minimum absolute atomic E-state index is 0.474. The minimum atomic E-state index is 0.474. The Kier molecular flexibility index (Phi) is 6.75. The molecule has 0 unspecified atom stereocenters. The van der Waals surface area contributed by atoms with Gasteiger partial charge in [-0.3, -0.25) is 9.89 Å². The summed E-state index contributed by atoms with van der Waals surface area (Å²) in [7, 11) is 0. The molecule has 0 amide bonds. The summed E-state index contributed by atoms with van der Waals surface area (Å²) in [5, 5.41) is 3.90. The summed E-state index contributed by atoms with van der Waals surface area (Å²) in [4.78, 5) is 9.28. The van der Waals surface area contributed by atoms with Gasteiger partial charge in [-0.15, -0.1) is 0 Å². The van der Waals surface area contributed by atoms with E-state index in [4.69, 9.17) is 17.3 Å². The van der Waals surface area contributed by atoms with Crippen LogP contribution in [0.25, 0.3) is 0 Å². The van der Waals surface area contributed by atoms with Gasteiger partial charge in [0.15, 0.2) is 5.96 Å². The first kappa shape index (κ1) is 18.5. The average molecular weight is 372 g/mol. The van der Waals surface area contributed by atoms with E-state index in [1.54, 1.807) is 0 Å². The van der Waals surface area contributed by atoms with E-state index in [2.05, 4.69) is 26.2 Å². The summed E-state index contributed by atoms with van der Waals surface area (Å²) in [6.45, 7) is 5.97. The molecule has 0 atom stereocenters. The van der Waals surface area contributed by atoms with Gasteiger partial charge in [0, 0.05) is 55.7 Å². The number of rotatable bonds is 6. The smallest absolute Gasteiger partial charge is 0.193 e. The lowest BCUT2D eigenvalue weighted by Gasteiger charge is -2.36. The lowest BCUT2D eigenvalue weighted by atomic mass is 10.2. The third-order valence-corrected chi connectivity index (χ3v) is 4.74. The van der Waals surface area contributed by atoms with E-state index in [-0.39, 0.29) is 0 Å². The number of nitrogens with two attached hydrogens (primary N) is 1. The molecule has 1 aliphatic rings. The summed E-state index contributed by atoms with van der Waals surface area (Å²) in [6, 6.07) is 18.0. The highest BCUT2D eigenvalue weighted by molar-refractivity contribution is 6.30. The molecule has 2 aromatic carbocycles. The van der Waals surface area contributed by atoms with E-state index in [0.717, 1.165) is 56.4 Å². The number of aliphatic imine (C=N–C) groups is 1. The fourth-order valence-electron chi connectivity index (χ4n) is 3.11. The fourth-order valence-corrected chi connectivity index (χ4v) is 3.29. The van der Waals surface area contributed by atoms with Gasteiger partial charge in [0.2, 0.25) is 0 Å². The highest BCUT2D eigenvalue weighted by Gasteiger charge is 2.16. The molecule has 5 nitrogen and oxygen atoms in total. The van der Waals surface area contributed by atoms with Gasteiger partial charge in [-0.25, -0.2) is 0 Å². The molecule has 6 heteroatoms. The maximum absolute atomic E-state index is 6.09. The lowest BCUT2D eigenvalue weighted by Crippen LogP contribution is -2.46. The lowest BCUT2D eigenvalue weighted by molar-refractivity contribution is 0.256.